The quantitative estimate of drug-likeness (QED) is 0.846. The maximum Gasteiger partial charge on any atom is 0.0935 e. The molecule has 0 aliphatic rings. The van der Waals surface area contributed by atoms with Crippen molar-refractivity contribution in [3.05, 3.63) is 28.2 Å². The van der Waals surface area contributed by atoms with Crippen molar-refractivity contribution in [2.45, 2.75) is 6.54 Å². The van der Waals surface area contributed by atoms with Gasteiger partial charge in [0, 0.05) is 12.1 Å². The molecule has 0 aliphatic heterocycles. The molecule has 0 spiro atoms. The Labute approximate surface area is 91.1 Å². The number of thiophene rings is 1. The minimum atomic E-state index is 0.796. The largest absolute Gasteiger partial charge is 0.316 e. The van der Waals surface area contributed by atoms with E-state index in [-0.39, 0.29) is 0 Å². The number of nitrogens with one attached hydrogen (secondary N) is 2. The molecule has 0 amide bonds. The van der Waals surface area contributed by atoms with E-state index in [1.165, 1.54) is 0 Å². The van der Waals surface area contributed by atoms with Gasteiger partial charge in [-0.2, -0.15) is 5.10 Å². The van der Waals surface area contributed by atoms with E-state index in [9.17, 15) is 0 Å². The van der Waals surface area contributed by atoms with Gasteiger partial charge in [-0.05, 0) is 19.2 Å². The van der Waals surface area contributed by atoms with Crippen LogP contribution in [0.15, 0.2) is 18.3 Å². The second-order valence-electron chi connectivity index (χ2n) is 2.90. The Balaban J connectivity index is 2.36. The molecule has 74 valence electrons. The Morgan fingerprint density at radius 2 is 2.43 bits per heavy atom. The van der Waals surface area contributed by atoms with Crippen LogP contribution in [0.5, 0.6) is 0 Å². The van der Waals surface area contributed by atoms with Gasteiger partial charge in [0.15, 0.2) is 0 Å². The van der Waals surface area contributed by atoms with Crippen molar-refractivity contribution in [3.8, 4) is 10.6 Å². The van der Waals surface area contributed by atoms with Crippen LogP contribution >= 0.6 is 22.9 Å². The predicted octanol–water partition coefficient (Wildman–Crippen LogP) is 2.51. The van der Waals surface area contributed by atoms with Crippen molar-refractivity contribution >= 4 is 22.9 Å². The van der Waals surface area contributed by atoms with Crippen LogP contribution in [0.3, 0.4) is 0 Å². The highest BCUT2D eigenvalue weighted by Crippen LogP contribution is 2.31. The smallest absolute Gasteiger partial charge is 0.0935 e. The average Bonchev–Trinajstić information content (AvgIpc) is 2.74. The van der Waals surface area contributed by atoms with Crippen molar-refractivity contribution in [1.82, 2.24) is 15.5 Å². The number of hydrogen-bond donors (Lipinski definition) is 2. The Morgan fingerprint density at radius 3 is 3.07 bits per heavy atom. The second kappa shape index (κ2) is 4.13. The average molecular weight is 228 g/mol. The third kappa shape index (κ3) is 1.82. The summed E-state index contributed by atoms with van der Waals surface area (Å²) in [5, 5.41) is 10.1. The molecule has 0 fully saturated rings. The van der Waals surface area contributed by atoms with E-state index >= 15 is 0 Å². The lowest BCUT2D eigenvalue weighted by atomic mass is 10.2. The molecule has 0 atom stereocenters. The summed E-state index contributed by atoms with van der Waals surface area (Å²) in [6.45, 7) is 0.807. The zero-order valence-electron chi connectivity index (χ0n) is 7.67. The molecule has 0 radical (unpaired) electrons. The lowest BCUT2D eigenvalue weighted by Crippen LogP contribution is -2.04. The van der Waals surface area contributed by atoms with Gasteiger partial charge in [-0.25, -0.2) is 0 Å². The summed E-state index contributed by atoms with van der Waals surface area (Å²) >= 11 is 7.43. The number of hydrogen-bond acceptors (Lipinski definition) is 3. The predicted molar refractivity (Wildman–Crippen MR) is 59.7 cm³/mol. The summed E-state index contributed by atoms with van der Waals surface area (Å²) in [6, 6.07) is 3.89. The van der Waals surface area contributed by atoms with Crippen LogP contribution in [-0.4, -0.2) is 17.2 Å². The number of H-pyrrole nitrogens is 1. The third-order valence-corrected chi connectivity index (χ3v) is 3.15. The van der Waals surface area contributed by atoms with Gasteiger partial charge in [-0.3, -0.25) is 5.10 Å². The Morgan fingerprint density at radius 1 is 1.57 bits per heavy atom. The highest BCUT2D eigenvalue weighted by Gasteiger charge is 2.08. The van der Waals surface area contributed by atoms with E-state index in [0.717, 1.165) is 27.0 Å². The van der Waals surface area contributed by atoms with Gasteiger partial charge in [0.25, 0.3) is 0 Å². The van der Waals surface area contributed by atoms with E-state index in [4.69, 9.17) is 11.6 Å². The van der Waals surface area contributed by atoms with Gasteiger partial charge in [-0.1, -0.05) is 11.6 Å². The van der Waals surface area contributed by atoms with Crippen LogP contribution in [0, 0.1) is 0 Å². The Bertz CT molecular complexity index is 421. The molecule has 2 N–H and O–H groups in total. The summed E-state index contributed by atoms with van der Waals surface area (Å²) < 4.78 is 0.796. The first-order chi connectivity index (χ1) is 6.81. The first-order valence-electron chi connectivity index (χ1n) is 4.24. The number of aromatic nitrogens is 2. The van der Waals surface area contributed by atoms with Crippen LogP contribution in [0.25, 0.3) is 10.6 Å². The molecule has 2 aromatic heterocycles. The number of nitrogens with zero attached hydrogens (tertiary/aromatic N) is 1. The third-order valence-electron chi connectivity index (χ3n) is 1.90. The molecule has 2 rings (SSSR count). The first kappa shape index (κ1) is 9.71. The van der Waals surface area contributed by atoms with Crippen LogP contribution < -0.4 is 5.32 Å². The molecule has 0 aromatic carbocycles. The Hall–Kier alpha value is -0.840. The van der Waals surface area contributed by atoms with Crippen LogP contribution in [0.2, 0.25) is 4.34 Å². The molecular formula is C9H10ClN3S. The summed E-state index contributed by atoms with van der Waals surface area (Å²) in [7, 11) is 1.91. The van der Waals surface area contributed by atoms with E-state index in [0.29, 0.717) is 0 Å². The van der Waals surface area contributed by atoms with Crippen molar-refractivity contribution in [2.75, 3.05) is 7.05 Å². The second-order valence-corrected chi connectivity index (χ2v) is 4.62. The van der Waals surface area contributed by atoms with Crippen molar-refractivity contribution in [3.63, 3.8) is 0 Å². The summed E-state index contributed by atoms with van der Waals surface area (Å²) in [6.07, 6.45) is 1.83. The van der Waals surface area contributed by atoms with Crippen LogP contribution in [0.1, 0.15) is 5.56 Å². The van der Waals surface area contributed by atoms with Gasteiger partial charge in [0.1, 0.15) is 0 Å². The zero-order valence-corrected chi connectivity index (χ0v) is 9.25. The minimum absolute atomic E-state index is 0.796. The SMILES string of the molecule is CNCc1cn[nH]c1-c1ccc(Cl)s1. The van der Waals surface area contributed by atoms with Gasteiger partial charge in [-0.15, -0.1) is 11.3 Å². The first-order valence-corrected chi connectivity index (χ1v) is 5.43. The summed E-state index contributed by atoms with van der Waals surface area (Å²) in [5.74, 6) is 0. The lowest BCUT2D eigenvalue weighted by molar-refractivity contribution is 0.820. The summed E-state index contributed by atoms with van der Waals surface area (Å²) in [4.78, 5) is 1.12. The molecule has 2 aromatic rings. The van der Waals surface area contributed by atoms with Gasteiger partial charge < -0.3 is 5.32 Å². The minimum Gasteiger partial charge on any atom is -0.316 e. The fraction of sp³-hybridized carbons (Fsp3) is 0.222. The van der Waals surface area contributed by atoms with E-state index in [1.54, 1.807) is 11.3 Å². The van der Waals surface area contributed by atoms with Crippen LogP contribution in [0.4, 0.5) is 0 Å². The highest BCUT2D eigenvalue weighted by atomic mass is 35.5. The molecule has 3 nitrogen and oxygen atoms in total. The maximum absolute atomic E-state index is 5.88. The molecule has 5 heteroatoms. The van der Waals surface area contributed by atoms with Gasteiger partial charge >= 0.3 is 0 Å². The molecule has 0 saturated carbocycles. The zero-order chi connectivity index (χ0) is 9.97. The van der Waals surface area contributed by atoms with Gasteiger partial charge in [0.05, 0.1) is 21.1 Å². The van der Waals surface area contributed by atoms with E-state index in [2.05, 4.69) is 15.5 Å². The molecule has 0 bridgehead atoms. The van der Waals surface area contributed by atoms with Crippen molar-refractivity contribution < 1.29 is 0 Å². The monoisotopic (exact) mass is 227 g/mol. The number of rotatable bonds is 3. The number of aromatic amines is 1. The lowest BCUT2D eigenvalue weighted by Gasteiger charge is -1.98. The fourth-order valence-corrected chi connectivity index (χ4v) is 2.37. The molecule has 2 heterocycles. The van der Waals surface area contributed by atoms with Crippen LogP contribution in [-0.2, 0) is 6.54 Å². The van der Waals surface area contributed by atoms with Gasteiger partial charge in [0.2, 0.25) is 0 Å². The molecule has 0 aliphatic carbocycles. The maximum atomic E-state index is 5.88. The standard InChI is InChI=1S/C9H10ClN3S/c1-11-4-6-5-12-13-9(6)7-2-3-8(10)14-7/h2-3,5,11H,4H2,1H3,(H,12,13). The Kier molecular flexibility index (Phi) is 2.86. The molecule has 0 unspecified atom stereocenters. The van der Waals surface area contributed by atoms with E-state index < -0.39 is 0 Å². The normalized spacial score (nSPS) is 10.7. The molecule has 0 saturated heterocycles. The van der Waals surface area contributed by atoms with Crippen molar-refractivity contribution in [2.24, 2.45) is 0 Å². The topological polar surface area (TPSA) is 40.7 Å². The van der Waals surface area contributed by atoms with E-state index in [1.807, 2.05) is 25.4 Å². The number of halogens is 1. The molecular weight excluding hydrogens is 218 g/mol. The highest BCUT2D eigenvalue weighted by molar-refractivity contribution is 7.19. The molecule has 14 heavy (non-hydrogen) atoms. The fourth-order valence-electron chi connectivity index (χ4n) is 1.30. The van der Waals surface area contributed by atoms with Crippen molar-refractivity contribution in [1.29, 1.82) is 0 Å². The summed E-state index contributed by atoms with van der Waals surface area (Å²) in [5.41, 5.74) is 2.21.